The zero-order valence-electron chi connectivity index (χ0n) is 18.8. The molecule has 0 aliphatic heterocycles. The second kappa shape index (κ2) is 12.6. The lowest BCUT2D eigenvalue weighted by atomic mass is 10.1. The van der Waals surface area contributed by atoms with Crippen LogP contribution in [0.1, 0.15) is 50.2 Å². The first-order chi connectivity index (χ1) is 15.6. The van der Waals surface area contributed by atoms with Crippen molar-refractivity contribution in [2.75, 3.05) is 12.3 Å². The van der Waals surface area contributed by atoms with Crippen LogP contribution in [0.5, 0.6) is 0 Å². The second-order valence-electron chi connectivity index (χ2n) is 8.32. The highest BCUT2D eigenvalue weighted by atomic mass is 32.2. The third kappa shape index (κ3) is 7.09. The number of rotatable bonds is 11. The molecule has 0 heterocycles. The maximum Gasteiger partial charge on any atom is 0.243 e. The van der Waals surface area contributed by atoms with Crippen LogP contribution in [0.25, 0.3) is 0 Å². The van der Waals surface area contributed by atoms with Crippen molar-refractivity contribution in [2.24, 2.45) is 0 Å². The average Bonchev–Trinajstić information content (AvgIpc) is 3.31. The lowest BCUT2D eigenvalue weighted by Gasteiger charge is -2.31. The van der Waals surface area contributed by atoms with Gasteiger partial charge in [-0.1, -0.05) is 68.3 Å². The molecule has 2 aromatic carbocycles. The molecule has 0 radical (unpaired) electrons. The van der Waals surface area contributed by atoms with Gasteiger partial charge in [-0.05, 0) is 42.9 Å². The predicted octanol–water partition coefficient (Wildman–Crippen LogP) is 4.97. The molecule has 2 aromatic rings. The number of hydrogen-bond acceptors (Lipinski definition) is 3. The summed E-state index contributed by atoms with van der Waals surface area (Å²) < 4.78 is 13.9. The Balaban J connectivity index is 1.65. The number of hydrogen-bond donors (Lipinski definition) is 1. The molecular formula is C26H33FN2O2S. The number of thioether (sulfide) groups is 1. The van der Waals surface area contributed by atoms with E-state index in [9.17, 15) is 14.0 Å². The van der Waals surface area contributed by atoms with Gasteiger partial charge in [0, 0.05) is 18.3 Å². The monoisotopic (exact) mass is 456 g/mol. The van der Waals surface area contributed by atoms with Gasteiger partial charge in [0.25, 0.3) is 0 Å². The molecule has 1 unspecified atom stereocenters. The fourth-order valence-corrected chi connectivity index (χ4v) is 5.11. The molecular weight excluding hydrogens is 423 g/mol. The molecule has 0 bridgehead atoms. The smallest absolute Gasteiger partial charge is 0.243 e. The van der Waals surface area contributed by atoms with E-state index in [2.05, 4.69) is 5.32 Å². The molecule has 0 aromatic heterocycles. The summed E-state index contributed by atoms with van der Waals surface area (Å²) >= 11 is 1.39. The van der Waals surface area contributed by atoms with Gasteiger partial charge in [0.2, 0.25) is 11.8 Å². The summed E-state index contributed by atoms with van der Waals surface area (Å²) in [5, 5.41) is 3.16. The molecule has 1 atom stereocenters. The van der Waals surface area contributed by atoms with Crippen molar-refractivity contribution in [1.82, 2.24) is 10.2 Å². The van der Waals surface area contributed by atoms with Crippen molar-refractivity contribution >= 4 is 23.6 Å². The third-order valence-corrected chi connectivity index (χ3v) is 6.98. The highest BCUT2D eigenvalue weighted by Gasteiger charge is 2.30. The summed E-state index contributed by atoms with van der Waals surface area (Å²) in [5.74, 6) is 0.262. The fourth-order valence-electron chi connectivity index (χ4n) is 4.21. The van der Waals surface area contributed by atoms with Gasteiger partial charge >= 0.3 is 0 Å². The number of halogens is 1. The van der Waals surface area contributed by atoms with Crippen LogP contribution in [-0.4, -0.2) is 41.1 Å². The molecule has 4 nitrogen and oxygen atoms in total. The number of nitrogens with one attached hydrogen (secondary N) is 1. The lowest BCUT2D eigenvalue weighted by Crippen LogP contribution is -2.52. The maximum atomic E-state index is 13.9. The number of benzene rings is 2. The van der Waals surface area contributed by atoms with Gasteiger partial charge in [0.05, 0.1) is 5.75 Å². The van der Waals surface area contributed by atoms with E-state index in [4.69, 9.17) is 0 Å². The van der Waals surface area contributed by atoms with Gasteiger partial charge in [-0.3, -0.25) is 9.59 Å². The van der Waals surface area contributed by atoms with Crippen molar-refractivity contribution in [3.63, 3.8) is 0 Å². The van der Waals surface area contributed by atoms with Crippen molar-refractivity contribution in [2.45, 2.75) is 63.3 Å². The molecule has 1 aliphatic rings. The lowest BCUT2D eigenvalue weighted by molar-refractivity contribution is -0.139. The molecule has 2 amide bonds. The Kier molecular flexibility index (Phi) is 9.60. The molecule has 1 N–H and O–H groups in total. The van der Waals surface area contributed by atoms with Gasteiger partial charge in [-0.15, -0.1) is 11.8 Å². The van der Waals surface area contributed by atoms with Crippen LogP contribution in [0.15, 0.2) is 54.6 Å². The second-order valence-corrected chi connectivity index (χ2v) is 9.31. The van der Waals surface area contributed by atoms with E-state index in [1.165, 1.54) is 17.8 Å². The van der Waals surface area contributed by atoms with Crippen LogP contribution >= 0.6 is 11.8 Å². The Morgan fingerprint density at radius 2 is 1.78 bits per heavy atom. The summed E-state index contributed by atoms with van der Waals surface area (Å²) in [6.07, 6.45) is 5.57. The van der Waals surface area contributed by atoms with E-state index < -0.39 is 6.04 Å². The Bertz CT molecular complexity index is 871. The van der Waals surface area contributed by atoms with Gasteiger partial charge in [0.1, 0.15) is 11.9 Å². The Hall–Kier alpha value is -2.34. The maximum absolute atomic E-state index is 13.9. The first-order valence-electron chi connectivity index (χ1n) is 11.5. The molecule has 0 spiro atoms. The van der Waals surface area contributed by atoms with Gasteiger partial charge in [-0.2, -0.15) is 0 Å². The molecule has 32 heavy (non-hydrogen) atoms. The summed E-state index contributed by atoms with van der Waals surface area (Å²) in [7, 11) is 0. The normalized spacial score (nSPS) is 14.8. The van der Waals surface area contributed by atoms with Gasteiger partial charge in [0.15, 0.2) is 0 Å². The van der Waals surface area contributed by atoms with E-state index in [1.807, 2.05) is 37.3 Å². The average molecular weight is 457 g/mol. The van der Waals surface area contributed by atoms with Gasteiger partial charge in [-0.25, -0.2) is 4.39 Å². The summed E-state index contributed by atoms with van der Waals surface area (Å²) in [6.45, 7) is 2.44. The molecule has 1 saturated carbocycles. The summed E-state index contributed by atoms with van der Waals surface area (Å²) in [4.78, 5) is 28.0. The molecule has 172 valence electrons. The topological polar surface area (TPSA) is 49.4 Å². The first kappa shape index (κ1) is 24.3. The molecule has 6 heteroatoms. The minimum atomic E-state index is -0.485. The van der Waals surface area contributed by atoms with Crippen LogP contribution in [0.2, 0.25) is 0 Å². The van der Waals surface area contributed by atoms with Crippen molar-refractivity contribution in [3.05, 3.63) is 71.5 Å². The zero-order chi connectivity index (χ0) is 22.8. The van der Waals surface area contributed by atoms with Crippen LogP contribution in [-0.2, 0) is 21.8 Å². The predicted molar refractivity (Wildman–Crippen MR) is 129 cm³/mol. The fraction of sp³-hybridized carbons (Fsp3) is 0.462. The summed E-state index contributed by atoms with van der Waals surface area (Å²) in [5.41, 5.74) is 1.72. The molecule has 3 rings (SSSR count). The highest BCUT2D eigenvalue weighted by molar-refractivity contribution is 7.99. The van der Waals surface area contributed by atoms with E-state index in [-0.39, 0.29) is 29.4 Å². The van der Waals surface area contributed by atoms with Crippen LogP contribution in [0.4, 0.5) is 4.39 Å². The standard InChI is InChI=1S/C26H33FN2O2S/c1-2-24(26(31)28-22-13-7-8-14-22)29(17-16-20-10-4-3-5-11-20)25(30)19-32-18-21-12-6-9-15-23(21)27/h3-6,9-12,15,22,24H,2,7-8,13-14,16-19H2,1H3,(H,28,31). The number of carbonyl (C=O) groups excluding carboxylic acids is 2. The van der Waals surface area contributed by atoms with Crippen molar-refractivity contribution < 1.29 is 14.0 Å². The molecule has 1 aliphatic carbocycles. The Morgan fingerprint density at radius 1 is 1.09 bits per heavy atom. The summed E-state index contributed by atoms with van der Waals surface area (Å²) in [6, 6.07) is 16.4. The van der Waals surface area contributed by atoms with E-state index in [0.717, 1.165) is 31.2 Å². The molecule has 0 saturated heterocycles. The first-order valence-corrected chi connectivity index (χ1v) is 12.7. The quantitative estimate of drug-likeness (QED) is 0.520. The minimum absolute atomic E-state index is 0.0556. The van der Waals surface area contributed by atoms with Gasteiger partial charge < -0.3 is 10.2 Å². The SMILES string of the molecule is CCC(C(=O)NC1CCCC1)N(CCc1ccccc1)C(=O)CSCc1ccccc1F. The highest BCUT2D eigenvalue weighted by Crippen LogP contribution is 2.20. The zero-order valence-corrected chi connectivity index (χ0v) is 19.6. The van der Waals surface area contributed by atoms with E-state index >= 15 is 0 Å². The number of nitrogens with zero attached hydrogens (tertiary/aromatic N) is 1. The minimum Gasteiger partial charge on any atom is -0.352 e. The van der Waals surface area contributed by atoms with Crippen LogP contribution in [0, 0.1) is 5.82 Å². The number of carbonyl (C=O) groups is 2. The van der Waals surface area contributed by atoms with Crippen molar-refractivity contribution in [3.8, 4) is 0 Å². The Labute approximate surface area is 195 Å². The van der Waals surface area contributed by atoms with E-state index in [0.29, 0.717) is 30.7 Å². The largest absolute Gasteiger partial charge is 0.352 e. The van der Waals surface area contributed by atoms with Crippen LogP contribution in [0.3, 0.4) is 0 Å². The number of amides is 2. The van der Waals surface area contributed by atoms with E-state index in [1.54, 1.807) is 23.1 Å². The van der Waals surface area contributed by atoms with Crippen molar-refractivity contribution in [1.29, 1.82) is 0 Å². The molecule has 1 fully saturated rings. The Morgan fingerprint density at radius 3 is 2.47 bits per heavy atom. The van der Waals surface area contributed by atoms with Crippen LogP contribution < -0.4 is 5.32 Å². The third-order valence-electron chi connectivity index (χ3n) is 6.01.